The molecule has 5 fully saturated rings. The fraction of sp³-hybridized carbons (Fsp3) is 1.00. The van der Waals surface area contributed by atoms with Crippen molar-refractivity contribution < 1.29 is 31.1 Å². The number of hydrogen-bond donors (Lipinski definition) is 5. The Hall–Kier alpha value is -0.160. The van der Waals surface area contributed by atoms with Crippen LogP contribution in [0.5, 0.6) is 0 Å². The molecular formula is C25H43ClF4N6O3S. The number of rotatable bonds is 8. The van der Waals surface area contributed by atoms with Gasteiger partial charge in [0.05, 0.1) is 5.38 Å². The number of sulfonamides is 1. The van der Waals surface area contributed by atoms with Crippen LogP contribution in [-0.2, 0) is 19.3 Å². The Labute approximate surface area is 240 Å². The lowest BCUT2D eigenvalue weighted by Crippen LogP contribution is -2.76. The number of nitrogens with zero attached hydrogens (tertiary/aromatic N) is 1. The van der Waals surface area contributed by atoms with E-state index in [1.807, 2.05) is 0 Å². The molecule has 2 heterocycles. The van der Waals surface area contributed by atoms with Crippen molar-refractivity contribution >= 4 is 22.0 Å². The van der Waals surface area contributed by atoms with Gasteiger partial charge in [-0.1, -0.05) is 17.1 Å². The van der Waals surface area contributed by atoms with Gasteiger partial charge in [0.25, 0.3) is 0 Å². The van der Waals surface area contributed by atoms with Gasteiger partial charge in [-0.05, 0) is 69.6 Å². The average Bonchev–Trinajstić information content (AvgIpc) is 3.38. The molecule has 0 bridgehead atoms. The van der Waals surface area contributed by atoms with E-state index in [0.717, 1.165) is 25.7 Å². The van der Waals surface area contributed by atoms with Crippen LogP contribution >= 0.6 is 11.6 Å². The van der Waals surface area contributed by atoms with Gasteiger partial charge >= 0.3 is 6.18 Å². The minimum atomic E-state index is -4.49. The second kappa shape index (κ2) is 13.2. The fourth-order valence-electron chi connectivity index (χ4n) is 7.20. The molecule has 0 aromatic rings. The minimum Gasteiger partial charge on any atom is -0.597 e. The third-order valence-electron chi connectivity index (χ3n) is 9.36. The number of alkyl halides is 5. The van der Waals surface area contributed by atoms with E-state index >= 15 is 0 Å². The second-order valence-electron chi connectivity index (χ2n) is 12.2. The third kappa shape index (κ3) is 8.06. The molecule has 0 aromatic heterocycles. The summed E-state index contributed by atoms with van der Waals surface area (Å²) in [5, 5.41) is 14.9. The predicted molar refractivity (Wildman–Crippen MR) is 143 cm³/mol. The number of fused-ring (bicyclic) bond motifs is 1. The first-order valence-electron chi connectivity index (χ1n) is 14.7. The average molecular weight is 619 g/mol. The first-order chi connectivity index (χ1) is 19.0. The molecule has 0 radical (unpaired) electrons. The van der Waals surface area contributed by atoms with E-state index in [9.17, 15) is 26.3 Å². The molecule has 15 heteroatoms. The van der Waals surface area contributed by atoms with Gasteiger partial charge < -0.3 is 9.29 Å². The number of ether oxygens (including phenoxy) is 1. The van der Waals surface area contributed by atoms with E-state index < -0.39 is 53.7 Å². The highest BCUT2D eigenvalue weighted by molar-refractivity contribution is 7.96. The molecule has 232 valence electrons. The summed E-state index contributed by atoms with van der Waals surface area (Å²) in [5.41, 5.74) is 0. The summed E-state index contributed by atoms with van der Waals surface area (Å²) in [7, 11) is -3.35. The summed E-state index contributed by atoms with van der Waals surface area (Å²) in [6.45, 7) is -0.601. The highest BCUT2D eigenvalue weighted by Gasteiger charge is 2.45. The van der Waals surface area contributed by atoms with Gasteiger partial charge in [-0.2, -0.15) is 13.2 Å². The van der Waals surface area contributed by atoms with E-state index in [4.69, 9.17) is 16.3 Å². The zero-order chi connectivity index (χ0) is 28.5. The summed E-state index contributed by atoms with van der Waals surface area (Å²) in [4.78, 5) is 0. The zero-order valence-electron chi connectivity index (χ0n) is 22.6. The molecule has 3 saturated carbocycles. The monoisotopic (exact) mass is 618 g/mol. The zero-order valence-corrected chi connectivity index (χ0v) is 24.2. The summed E-state index contributed by atoms with van der Waals surface area (Å²) in [5.74, 6) is 1.24. The Bertz CT molecular complexity index is 888. The quantitative estimate of drug-likeness (QED) is 0.160. The predicted octanol–water partition coefficient (Wildman–Crippen LogP) is 2.85. The molecule has 2 aliphatic heterocycles. The van der Waals surface area contributed by atoms with E-state index in [1.165, 1.54) is 12.8 Å². The normalized spacial score (nSPS) is 41.9. The maximum atomic E-state index is 13.8. The first kappa shape index (κ1) is 31.3. The second-order valence-corrected chi connectivity index (χ2v) is 14.9. The Morgan fingerprint density at radius 2 is 1.57 bits per heavy atom. The van der Waals surface area contributed by atoms with Crippen molar-refractivity contribution in [2.24, 2.45) is 11.8 Å². The minimum absolute atomic E-state index is 0.0433. The van der Waals surface area contributed by atoms with Crippen molar-refractivity contribution in [3.63, 3.8) is 0 Å². The third-order valence-corrected chi connectivity index (χ3v) is 12.2. The number of piperidine rings is 1. The van der Waals surface area contributed by atoms with Gasteiger partial charge in [0.1, 0.15) is 41.0 Å². The summed E-state index contributed by atoms with van der Waals surface area (Å²) < 4.78 is 85.8. The molecule has 10 unspecified atom stereocenters. The molecule has 0 aromatic carbocycles. The Balaban J connectivity index is 1.13. The molecule has 40 heavy (non-hydrogen) atoms. The van der Waals surface area contributed by atoms with Gasteiger partial charge in [-0.3, -0.25) is 26.6 Å². The lowest BCUT2D eigenvalue weighted by atomic mass is 9.81. The Kier molecular flexibility index (Phi) is 10.3. The molecule has 0 amide bonds. The summed E-state index contributed by atoms with van der Waals surface area (Å²) in [6.07, 6.45) is 0.687. The van der Waals surface area contributed by atoms with Crippen LogP contribution in [0.3, 0.4) is 0 Å². The number of hydrogen-bond acceptors (Lipinski definition) is 8. The van der Waals surface area contributed by atoms with E-state index in [0.29, 0.717) is 57.0 Å². The lowest BCUT2D eigenvalue weighted by molar-refractivity contribution is -0.199. The van der Waals surface area contributed by atoms with E-state index in [1.54, 1.807) is 4.31 Å². The van der Waals surface area contributed by atoms with Crippen molar-refractivity contribution in [1.29, 1.82) is 0 Å². The van der Waals surface area contributed by atoms with E-state index in [-0.39, 0.29) is 17.3 Å². The van der Waals surface area contributed by atoms with Crippen LogP contribution in [0.1, 0.15) is 70.6 Å². The van der Waals surface area contributed by atoms with E-state index in [2.05, 4.69) is 26.6 Å². The van der Waals surface area contributed by atoms with Crippen LogP contribution in [0.25, 0.3) is 0 Å². The molecule has 5 rings (SSSR count). The van der Waals surface area contributed by atoms with Crippen LogP contribution in [0.2, 0.25) is 0 Å². The van der Waals surface area contributed by atoms with Crippen molar-refractivity contribution in [3.05, 3.63) is 0 Å². The first-order valence-corrected chi connectivity index (χ1v) is 16.7. The van der Waals surface area contributed by atoms with Crippen LogP contribution in [0.15, 0.2) is 0 Å². The van der Waals surface area contributed by atoms with Crippen molar-refractivity contribution in [1.82, 2.24) is 30.9 Å². The van der Waals surface area contributed by atoms with Gasteiger partial charge in [0.15, 0.2) is 6.35 Å². The Morgan fingerprint density at radius 3 is 2.25 bits per heavy atom. The smallest absolute Gasteiger partial charge is 0.411 e. The topological polar surface area (TPSA) is 113 Å². The van der Waals surface area contributed by atoms with Crippen molar-refractivity contribution in [3.8, 4) is 0 Å². The molecular weight excluding hydrogens is 576 g/mol. The van der Waals surface area contributed by atoms with Crippen molar-refractivity contribution in [2.75, 3.05) is 19.7 Å². The molecule has 10 atom stereocenters. The van der Waals surface area contributed by atoms with Gasteiger partial charge in [-0.15, -0.1) is 15.9 Å². The lowest BCUT2D eigenvalue weighted by Gasteiger charge is -2.44. The fourth-order valence-corrected chi connectivity index (χ4v) is 9.61. The number of nitrogens with one attached hydrogen (secondary N) is 5. The maximum absolute atomic E-state index is 13.8. The van der Waals surface area contributed by atoms with Crippen LogP contribution in [-0.4, -0.2) is 82.5 Å². The van der Waals surface area contributed by atoms with Crippen molar-refractivity contribution in [2.45, 2.75) is 125 Å². The molecule has 5 N–H and O–H groups in total. The highest BCUT2D eigenvalue weighted by atomic mass is 35.5. The number of halogens is 5. The highest BCUT2D eigenvalue weighted by Crippen LogP contribution is 2.45. The molecule has 9 nitrogen and oxygen atoms in total. The van der Waals surface area contributed by atoms with Gasteiger partial charge in [0.2, 0.25) is 0 Å². The van der Waals surface area contributed by atoms with Gasteiger partial charge in [0, 0.05) is 25.2 Å². The Morgan fingerprint density at radius 1 is 0.900 bits per heavy atom. The largest absolute Gasteiger partial charge is 0.597 e. The van der Waals surface area contributed by atoms with Crippen LogP contribution in [0.4, 0.5) is 17.6 Å². The molecule has 3 aliphatic carbocycles. The maximum Gasteiger partial charge on any atom is 0.411 e. The SMILES string of the molecule is O=[S+]([O-])(C1CCC2CCCC2C1)N1CCC(NC2NC(NC3CCC(F)C(Cl)C3)NC(OCC(F)(F)F)N2)CC1. The standard InChI is InChI=1S/C25H43ClF4N6O3S/c26-20-13-18(5-7-21(20)27)32-23-33-22(34-24(35-23)39-14-25(28,29)30)31-17-8-10-36(11-9-17)40(37,38)19-6-4-15-2-1-3-16(15)12-19/h15-24,31-35H,1-14H2. The molecule has 2 saturated heterocycles. The van der Waals surface area contributed by atoms with Crippen LogP contribution < -0.4 is 26.6 Å². The summed E-state index contributed by atoms with van der Waals surface area (Å²) >= 11 is 6.11. The van der Waals surface area contributed by atoms with Crippen LogP contribution in [0, 0.1) is 11.8 Å². The molecule has 0 spiro atoms. The summed E-state index contributed by atoms with van der Waals surface area (Å²) in [6, 6.07) is -0.160. The molecule has 5 aliphatic rings. The van der Waals surface area contributed by atoms with Gasteiger partial charge in [-0.25, -0.2) is 4.39 Å².